The van der Waals surface area contributed by atoms with Gasteiger partial charge in [0.1, 0.15) is 5.78 Å². The number of nitrogens with zero attached hydrogens (tertiary/aromatic N) is 1. The Morgan fingerprint density at radius 3 is 2.50 bits per heavy atom. The molecule has 0 amide bonds. The molecular weight excluding hydrogens is 430 g/mol. The second-order valence-corrected chi connectivity index (χ2v) is 11.1. The third kappa shape index (κ3) is 5.95. The van der Waals surface area contributed by atoms with Gasteiger partial charge in [-0.05, 0) is 88.4 Å². The fourth-order valence-electron chi connectivity index (χ4n) is 6.52. The zero-order valence-corrected chi connectivity index (χ0v) is 20.5. The number of carbonyl (C=O) groups excluding carboxylic acids is 1. The van der Waals surface area contributed by atoms with E-state index in [4.69, 9.17) is 14.2 Å². The average Bonchev–Trinajstić information content (AvgIpc) is 3.33. The number of likely N-dealkylation sites (tertiary alicyclic amines) is 1. The molecule has 3 heterocycles. The molecule has 0 unspecified atom stereocenters. The van der Waals surface area contributed by atoms with Crippen LogP contribution in [0.3, 0.4) is 0 Å². The highest BCUT2D eigenvalue weighted by atomic mass is 16.7. The first-order valence-electron chi connectivity index (χ1n) is 13.5. The number of rotatable bonds is 8. The Balaban J connectivity index is 0.988. The van der Waals surface area contributed by atoms with Gasteiger partial charge in [-0.1, -0.05) is 25.0 Å². The van der Waals surface area contributed by atoms with Crippen LogP contribution < -0.4 is 9.47 Å². The zero-order valence-electron chi connectivity index (χ0n) is 20.5. The summed E-state index contributed by atoms with van der Waals surface area (Å²) < 4.78 is 16.6. The molecule has 1 N–H and O–H groups in total. The minimum atomic E-state index is -0.818. The lowest BCUT2D eigenvalue weighted by molar-refractivity contribution is -0.130. The lowest BCUT2D eigenvalue weighted by atomic mass is 9.77. The van der Waals surface area contributed by atoms with Crippen molar-refractivity contribution in [2.75, 3.05) is 39.6 Å². The van der Waals surface area contributed by atoms with Crippen molar-refractivity contribution in [2.45, 2.75) is 82.1 Å². The van der Waals surface area contributed by atoms with E-state index in [2.05, 4.69) is 17.0 Å². The average molecular weight is 472 g/mol. The monoisotopic (exact) mass is 471 g/mol. The van der Waals surface area contributed by atoms with Gasteiger partial charge in [0.05, 0.1) is 5.60 Å². The maximum absolute atomic E-state index is 12.6. The summed E-state index contributed by atoms with van der Waals surface area (Å²) in [7, 11) is 0. The first-order chi connectivity index (χ1) is 16.6. The Hall–Kier alpha value is -1.63. The minimum absolute atomic E-state index is 0.247. The molecule has 0 bridgehead atoms. The fraction of sp³-hybridized carbons (Fsp3) is 0.750. The Kier molecular flexibility index (Phi) is 7.77. The highest BCUT2D eigenvalue weighted by molar-refractivity contribution is 5.79. The van der Waals surface area contributed by atoms with Gasteiger partial charge in [0.15, 0.2) is 11.5 Å². The van der Waals surface area contributed by atoms with Crippen LogP contribution >= 0.6 is 0 Å². The van der Waals surface area contributed by atoms with Crippen molar-refractivity contribution in [3.05, 3.63) is 23.8 Å². The topological polar surface area (TPSA) is 68.2 Å². The maximum Gasteiger partial charge on any atom is 0.231 e. The summed E-state index contributed by atoms with van der Waals surface area (Å²) in [4.78, 5) is 15.2. The summed E-state index contributed by atoms with van der Waals surface area (Å²) in [6.45, 7) is 5.01. The van der Waals surface area contributed by atoms with Crippen LogP contribution in [0, 0.1) is 11.8 Å². The molecule has 4 aliphatic rings. The van der Waals surface area contributed by atoms with Crippen molar-refractivity contribution in [3.63, 3.8) is 0 Å². The molecule has 3 aliphatic heterocycles. The van der Waals surface area contributed by atoms with Gasteiger partial charge in [-0.25, -0.2) is 0 Å². The molecule has 5 rings (SSSR count). The molecule has 0 atom stereocenters. The minimum Gasteiger partial charge on any atom is -0.454 e. The lowest BCUT2D eigenvalue weighted by Gasteiger charge is -2.35. The van der Waals surface area contributed by atoms with Crippen molar-refractivity contribution in [1.82, 2.24) is 4.90 Å². The van der Waals surface area contributed by atoms with Crippen molar-refractivity contribution in [3.8, 4) is 11.5 Å². The van der Waals surface area contributed by atoms with E-state index in [0.29, 0.717) is 57.5 Å². The maximum atomic E-state index is 12.6. The van der Waals surface area contributed by atoms with Crippen LogP contribution in [-0.2, 0) is 9.53 Å². The molecule has 1 saturated carbocycles. The van der Waals surface area contributed by atoms with Gasteiger partial charge in [0, 0.05) is 31.6 Å². The van der Waals surface area contributed by atoms with Crippen molar-refractivity contribution in [2.24, 2.45) is 11.8 Å². The first kappa shape index (κ1) is 24.1. The standard InChI is InChI=1S/C28H41NO5/c30-24(19-28(31)11-16-32-17-12-28)18-22-6-4-21(5-7-22)8-13-29-14-9-23(10-15-29)25-2-1-3-26-27(25)34-20-33-26/h1-3,21-23,31H,4-20H2. The number of aliphatic hydroxyl groups is 1. The van der Waals surface area contributed by atoms with Crippen LogP contribution in [0.2, 0.25) is 0 Å². The van der Waals surface area contributed by atoms with E-state index in [9.17, 15) is 9.90 Å². The first-order valence-corrected chi connectivity index (χ1v) is 13.5. The second-order valence-electron chi connectivity index (χ2n) is 11.1. The van der Waals surface area contributed by atoms with Gasteiger partial charge in [-0.3, -0.25) is 4.79 Å². The third-order valence-electron chi connectivity index (χ3n) is 8.74. The van der Waals surface area contributed by atoms with E-state index >= 15 is 0 Å². The molecule has 34 heavy (non-hydrogen) atoms. The number of fused-ring (bicyclic) bond motifs is 1. The fourth-order valence-corrected chi connectivity index (χ4v) is 6.52. The Morgan fingerprint density at radius 1 is 1.00 bits per heavy atom. The normalized spacial score (nSPS) is 27.6. The van der Waals surface area contributed by atoms with Crippen LogP contribution in [0.5, 0.6) is 11.5 Å². The molecule has 6 heteroatoms. The van der Waals surface area contributed by atoms with Crippen LogP contribution in [-0.4, -0.2) is 61.0 Å². The van der Waals surface area contributed by atoms with Crippen molar-refractivity contribution >= 4 is 5.78 Å². The van der Waals surface area contributed by atoms with E-state index in [1.54, 1.807) is 0 Å². The summed E-state index contributed by atoms with van der Waals surface area (Å²) in [5, 5.41) is 10.6. The highest BCUT2D eigenvalue weighted by Crippen LogP contribution is 2.42. The summed E-state index contributed by atoms with van der Waals surface area (Å²) in [6, 6.07) is 6.30. The number of piperidine rings is 1. The number of hydrogen-bond donors (Lipinski definition) is 1. The molecule has 0 radical (unpaired) electrons. The van der Waals surface area contributed by atoms with Crippen LogP contribution in [0.25, 0.3) is 0 Å². The van der Waals surface area contributed by atoms with E-state index in [0.717, 1.165) is 30.5 Å². The van der Waals surface area contributed by atoms with Crippen LogP contribution in [0.15, 0.2) is 18.2 Å². The smallest absolute Gasteiger partial charge is 0.231 e. The number of Topliss-reactive ketones (excluding diaryl/α,β-unsaturated/α-hetero) is 1. The molecule has 1 aromatic rings. The van der Waals surface area contributed by atoms with Gasteiger partial charge in [0.25, 0.3) is 0 Å². The van der Waals surface area contributed by atoms with Crippen LogP contribution in [0.4, 0.5) is 0 Å². The summed E-state index contributed by atoms with van der Waals surface area (Å²) >= 11 is 0. The quantitative estimate of drug-likeness (QED) is 0.594. The second kappa shape index (κ2) is 11.0. The van der Waals surface area contributed by atoms with E-state index in [-0.39, 0.29) is 5.78 Å². The van der Waals surface area contributed by atoms with E-state index < -0.39 is 5.60 Å². The molecule has 1 aromatic carbocycles. The SMILES string of the molecule is O=C(CC1CCC(CCN2CCC(c3cccc4c3OCO4)CC2)CC1)CC1(O)CCOCC1. The summed E-state index contributed by atoms with van der Waals surface area (Å²) in [5.41, 5.74) is 0.507. The number of carbonyl (C=O) groups is 1. The number of ether oxygens (including phenoxy) is 3. The largest absolute Gasteiger partial charge is 0.454 e. The molecule has 6 nitrogen and oxygen atoms in total. The number of ketones is 1. The molecule has 0 aromatic heterocycles. The third-order valence-corrected chi connectivity index (χ3v) is 8.74. The van der Waals surface area contributed by atoms with Gasteiger partial charge < -0.3 is 24.2 Å². The Morgan fingerprint density at radius 2 is 1.74 bits per heavy atom. The molecule has 2 saturated heterocycles. The Bertz CT molecular complexity index is 820. The van der Waals surface area contributed by atoms with Gasteiger partial charge in [-0.2, -0.15) is 0 Å². The van der Waals surface area contributed by atoms with E-state index in [1.807, 2.05) is 6.07 Å². The number of para-hydroxylation sites is 1. The lowest BCUT2D eigenvalue weighted by Crippen LogP contribution is -2.38. The van der Waals surface area contributed by atoms with Gasteiger partial charge in [0.2, 0.25) is 6.79 Å². The molecule has 1 aliphatic carbocycles. The van der Waals surface area contributed by atoms with Crippen molar-refractivity contribution < 1.29 is 24.1 Å². The molecule has 0 spiro atoms. The van der Waals surface area contributed by atoms with Gasteiger partial charge >= 0.3 is 0 Å². The Labute approximate surface area is 203 Å². The highest BCUT2D eigenvalue weighted by Gasteiger charge is 2.33. The molecule has 188 valence electrons. The van der Waals surface area contributed by atoms with Crippen molar-refractivity contribution in [1.29, 1.82) is 0 Å². The number of hydrogen-bond acceptors (Lipinski definition) is 6. The van der Waals surface area contributed by atoms with Crippen LogP contribution in [0.1, 0.15) is 82.1 Å². The number of benzene rings is 1. The summed E-state index contributed by atoms with van der Waals surface area (Å²) in [6.07, 6.45) is 10.7. The molecular formula is C28H41NO5. The predicted octanol–water partition coefficient (Wildman–Crippen LogP) is 4.68. The van der Waals surface area contributed by atoms with E-state index in [1.165, 1.54) is 57.1 Å². The zero-order chi connectivity index (χ0) is 23.4. The van der Waals surface area contributed by atoms with Gasteiger partial charge in [-0.15, -0.1) is 0 Å². The summed E-state index contributed by atoms with van der Waals surface area (Å²) in [5.74, 6) is 4.00. The predicted molar refractivity (Wildman–Crippen MR) is 130 cm³/mol. The molecule has 3 fully saturated rings.